The molecule has 0 radical (unpaired) electrons. The molecular weight excluding hydrogens is 217 g/mol. The second kappa shape index (κ2) is 4.47. The van der Waals surface area contributed by atoms with Gasteiger partial charge < -0.3 is 10.5 Å². The highest BCUT2D eigenvalue weighted by atomic mass is 35.5. The topological polar surface area (TPSA) is 35.2 Å². The molecule has 1 aliphatic rings. The summed E-state index contributed by atoms with van der Waals surface area (Å²) in [5.41, 5.74) is 6.48. The highest BCUT2D eigenvalue weighted by Crippen LogP contribution is 2.29. The average Bonchev–Trinajstić information content (AvgIpc) is 2.74. The Morgan fingerprint density at radius 3 is 3.00 bits per heavy atom. The maximum Gasteiger partial charge on any atom is 0.128 e. The lowest BCUT2D eigenvalue weighted by Gasteiger charge is -2.18. The van der Waals surface area contributed by atoms with E-state index in [1.165, 1.54) is 12.1 Å². The van der Waals surface area contributed by atoms with E-state index in [4.69, 9.17) is 22.1 Å². The van der Waals surface area contributed by atoms with Gasteiger partial charge in [0, 0.05) is 29.2 Å². The van der Waals surface area contributed by atoms with Crippen LogP contribution in [0.1, 0.15) is 18.0 Å². The molecule has 82 valence electrons. The van der Waals surface area contributed by atoms with Gasteiger partial charge in [0.25, 0.3) is 0 Å². The predicted molar refractivity (Wildman–Crippen MR) is 57.3 cm³/mol. The van der Waals surface area contributed by atoms with Crippen LogP contribution in [0.5, 0.6) is 0 Å². The lowest BCUT2D eigenvalue weighted by Crippen LogP contribution is -2.22. The van der Waals surface area contributed by atoms with E-state index in [-0.39, 0.29) is 17.8 Å². The monoisotopic (exact) mass is 229 g/mol. The van der Waals surface area contributed by atoms with Crippen LogP contribution in [0, 0.1) is 11.7 Å². The summed E-state index contributed by atoms with van der Waals surface area (Å²) < 4.78 is 18.7. The van der Waals surface area contributed by atoms with Gasteiger partial charge in [-0.2, -0.15) is 0 Å². The maximum atomic E-state index is 13.5. The Bertz CT molecular complexity index is 352. The first-order chi connectivity index (χ1) is 7.18. The summed E-state index contributed by atoms with van der Waals surface area (Å²) in [6, 6.07) is 4.15. The summed E-state index contributed by atoms with van der Waals surface area (Å²) in [7, 11) is 0. The van der Waals surface area contributed by atoms with E-state index in [0.29, 0.717) is 23.8 Å². The standard InChI is InChI=1S/C11H13ClFNO/c12-8-1-2-10(13)9(5-8)11(14)7-3-4-15-6-7/h1-2,5,7,11H,3-4,6,14H2. The molecule has 4 heteroatoms. The fraction of sp³-hybridized carbons (Fsp3) is 0.455. The fourth-order valence-electron chi connectivity index (χ4n) is 1.86. The van der Waals surface area contributed by atoms with E-state index in [0.717, 1.165) is 6.42 Å². The zero-order valence-electron chi connectivity index (χ0n) is 8.25. The molecule has 1 fully saturated rings. The molecule has 2 rings (SSSR count). The van der Waals surface area contributed by atoms with Crippen molar-refractivity contribution in [3.05, 3.63) is 34.6 Å². The molecule has 1 aromatic carbocycles. The zero-order chi connectivity index (χ0) is 10.8. The van der Waals surface area contributed by atoms with Crippen LogP contribution in [0.15, 0.2) is 18.2 Å². The lowest BCUT2D eigenvalue weighted by molar-refractivity contribution is 0.180. The minimum Gasteiger partial charge on any atom is -0.381 e. The summed E-state index contributed by atoms with van der Waals surface area (Å²) in [5, 5.41) is 0.515. The Labute approximate surface area is 93.2 Å². The van der Waals surface area contributed by atoms with Gasteiger partial charge in [0.05, 0.1) is 6.61 Å². The molecular formula is C11H13ClFNO. The normalized spacial score (nSPS) is 23.0. The third kappa shape index (κ3) is 2.30. The smallest absolute Gasteiger partial charge is 0.128 e. The quantitative estimate of drug-likeness (QED) is 0.846. The third-order valence-electron chi connectivity index (χ3n) is 2.79. The van der Waals surface area contributed by atoms with Crippen molar-refractivity contribution in [2.75, 3.05) is 13.2 Å². The molecule has 0 aliphatic carbocycles. The van der Waals surface area contributed by atoms with Crippen molar-refractivity contribution in [2.24, 2.45) is 11.7 Å². The molecule has 0 spiro atoms. The molecule has 2 atom stereocenters. The van der Waals surface area contributed by atoms with Gasteiger partial charge in [0.2, 0.25) is 0 Å². The Balaban J connectivity index is 2.23. The second-order valence-electron chi connectivity index (χ2n) is 3.82. The summed E-state index contributed by atoms with van der Waals surface area (Å²) in [4.78, 5) is 0. The highest BCUT2D eigenvalue weighted by molar-refractivity contribution is 6.30. The van der Waals surface area contributed by atoms with E-state index in [1.807, 2.05) is 0 Å². The van der Waals surface area contributed by atoms with Gasteiger partial charge in [-0.25, -0.2) is 4.39 Å². The van der Waals surface area contributed by atoms with Crippen LogP contribution in [0.4, 0.5) is 4.39 Å². The molecule has 1 aliphatic heterocycles. The predicted octanol–water partition coefficient (Wildman–Crippen LogP) is 2.52. The van der Waals surface area contributed by atoms with Crippen LogP contribution in [0.25, 0.3) is 0 Å². The molecule has 1 aromatic rings. The SMILES string of the molecule is NC(c1cc(Cl)ccc1F)C1CCOC1. The third-order valence-corrected chi connectivity index (χ3v) is 3.03. The Morgan fingerprint density at radius 1 is 1.53 bits per heavy atom. The van der Waals surface area contributed by atoms with E-state index in [2.05, 4.69) is 0 Å². The Hall–Kier alpha value is -0.640. The Kier molecular flexibility index (Phi) is 3.24. The van der Waals surface area contributed by atoms with Crippen molar-refractivity contribution in [3.8, 4) is 0 Å². The van der Waals surface area contributed by atoms with Gasteiger partial charge in [0.1, 0.15) is 5.82 Å². The average molecular weight is 230 g/mol. The molecule has 2 N–H and O–H groups in total. The van der Waals surface area contributed by atoms with Gasteiger partial charge in [-0.05, 0) is 24.6 Å². The van der Waals surface area contributed by atoms with Crippen LogP contribution in [0.2, 0.25) is 5.02 Å². The van der Waals surface area contributed by atoms with Crippen LogP contribution in [-0.2, 0) is 4.74 Å². The van der Waals surface area contributed by atoms with Crippen LogP contribution in [0.3, 0.4) is 0 Å². The van der Waals surface area contributed by atoms with Crippen molar-refractivity contribution in [2.45, 2.75) is 12.5 Å². The molecule has 0 aromatic heterocycles. The zero-order valence-corrected chi connectivity index (χ0v) is 9.01. The summed E-state index contributed by atoms with van der Waals surface area (Å²) in [5.74, 6) is -0.100. The summed E-state index contributed by atoms with van der Waals surface area (Å²) in [6.07, 6.45) is 0.882. The number of halogens is 2. The van der Waals surface area contributed by atoms with Crippen molar-refractivity contribution >= 4 is 11.6 Å². The minimum atomic E-state index is -0.328. The van der Waals surface area contributed by atoms with E-state index >= 15 is 0 Å². The van der Waals surface area contributed by atoms with Crippen LogP contribution >= 0.6 is 11.6 Å². The molecule has 1 heterocycles. The van der Waals surface area contributed by atoms with Crippen LogP contribution < -0.4 is 5.73 Å². The second-order valence-corrected chi connectivity index (χ2v) is 4.25. The largest absolute Gasteiger partial charge is 0.381 e. The number of hydrogen-bond donors (Lipinski definition) is 1. The number of ether oxygens (including phenoxy) is 1. The lowest BCUT2D eigenvalue weighted by atomic mass is 9.93. The summed E-state index contributed by atoms with van der Waals surface area (Å²) >= 11 is 5.81. The molecule has 2 unspecified atom stereocenters. The first-order valence-corrected chi connectivity index (χ1v) is 5.34. The van der Waals surface area contributed by atoms with Gasteiger partial charge in [-0.15, -0.1) is 0 Å². The fourth-order valence-corrected chi connectivity index (χ4v) is 2.04. The summed E-state index contributed by atoms with van der Waals surface area (Å²) in [6.45, 7) is 1.31. The number of rotatable bonds is 2. The number of nitrogens with two attached hydrogens (primary N) is 1. The number of benzene rings is 1. The maximum absolute atomic E-state index is 13.5. The molecule has 0 saturated carbocycles. The van der Waals surface area contributed by atoms with Crippen molar-refractivity contribution < 1.29 is 9.13 Å². The van der Waals surface area contributed by atoms with Crippen molar-refractivity contribution in [1.29, 1.82) is 0 Å². The van der Waals surface area contributed by atoms with E-state index < -0.39 is 0 Å². The molecule has 1 saturated heterocycles. The first-order valence-electron chi connectivity index (χ1n) is 4.97. The highest BCUT2D eigenvalue weighted by Gasteiger charge is 2.26. The molecule has 2 nitrogen and oxygen atoms in total. The molecule has 15 heavy (non-hydrogen) atoms. The van der Waals surface area contributed by atoms with Crippen molar-refractivity contribution in [3.63, 3.8) is 0 Å². The first kappa shape index (κ1) is 10.9. The van der Waals surface area contributed by atoms with Gasteiger partial charge in [-0.3, -0.25) is 0 Å². The van der Waals surface area contributed by atoms with Gasteiger partial charge in [-0.1, -0.05) is 11.6 Å². The minimum absolute atomic E-state index is 0.193. The Morgan fingerprint density at radius 2 is 2.33 bits per heavy atom. The van der Waals surface area contributed by atoms with Gasteiger partial charge in [0.15, 0.2) is 0 Å². The molecule has 0 amide bonds. The number of hydrogen-bond acceptors (Lipinski definition) is 2. The van der Waals surface area contributed by atoms with Gasteiger partial charge >= 0.3 is 0 Å². The van der Waals surface area contributed by atoms with E-state index in [9.17, 15) is 4.39 Å². The van der Waals surface area contributed by atoms with Crippen LogP contribution in [-0.4, -0.2) is 13.2 Å². The van der Waals surface area contributed by atoms with E-state index in [1.54, 1.807) is 6.07 Å². The van der Waals surface area contributed by atoms with Crippen molar-refractivity contribution in [1.82, 2.24) is 0 Å². The molecule has 0 bridgehead atoms.